The van der Waals surface area contributed by atoms with Crippen molar-refractivity contribution >= 4 is 23.3 Å². The van der Waals surface area contributed by atoms with Gasteiger partial charge in [0, 0.05) is 31.1 Å². The zero-order valence-electron chi connectivity index (χ0n) is 11.6. The van der Waals surface area contributed by atoms with Crippen molar-refractivity contribution in [2.24, 2.45) is 0 Å². The van der Waals surface area contributed by atoms with Gasteiger partial charge < -0.3 is 14.4 Å². The monoisotopic (exact) mass is 293 g/mol. The first-order chi connectivity index (χ1) is 9.71. The molecule has 0 N–H and O–H groups in total. The lowest BCUT2D eigenvalue weighted by Crippen LogP contribution is -2.67. The standard InChI is InChI=1S/C15H19NO3S/c1-18-12-6-7-19-15(9-12)10-16(11-15)14(17)5-4-13-3-2-8-20-13/h2-5,8,12H,6-7,9-11H2,1H3/b5-4+/t12-/m0/s1. The highest BCUT2D eigenvalue weighted by Gasteiger charge is 2.48. The molecule has 3 heterocycles. The number of hydrogen-bond donors (Lipinski definition) is 0. The van der Waals surface area contributed by atoms with Crippen molar-refractivity contribution in [3.63, 3.8) is 0 Å². The summed E-state index contributed by atoms with van der Waals surface area (Å²) >= 11 is 1.63. The van der Waals surface area contributed by atoms with Crippen LogP contribution in [0, 0.1) is 0 Å². The Morgan fingerprint density at radius 2 is 2.45 bits per heavy atom. The first-order valence-corrected chi connectivity index (χ1v) is 7.76. The lowest BCUT2D eigenvalue weighted by atomic mass is 9.84. The highest BCUT2D eigenvalue weighted by Crippen LogP contribution is 2.35. The van der Waals surface area contributed by atoms with E-state index in [4.69, 9.17) is 9.47 Å². The third kappa shape index (κ3) is 2.80. The molecule has 108 valence electrons. The number of ether oxygens (including phenoxy) is 2. The van der Waals surface area contributed by atoms with E-state index in [-0.39, 0.29) is 17.6 Å². The molecule has 2 aliphatic heterocycles. The van der Waals surface area contributed by atoms with Gasteiger partial charge in [-0.1, -0.05) is 6.07 Å². The van der Waals surface area contributed by atoms with E-state index < -0.39 is 0 Å². The maximum atomic E-state index is 12.1. The average Bonchev–Trinajstić information content (AvgIpc) is 2.95. The van der Waals surface area contributed by atoms with Crippen molar-refractivity contribution in [3.05, 3.63) is 28.5 Å². The van der Waals surface area contributed by atoms with Gasteiger partial charge in [-0.2, -0.15) is 0 Å². The fourth-order valence-corrected chi connectivity index (χ4v) is 3.47. The van der Waals surface area contributed by atoms with Crippen LogP contribution in [0.25, 0.3) is 6.08 Å². The van der Waals surface area contributed by atoms with Crippen LogP contribution in [-0.4, -0.2) is 49.3 Å². The van der Waals surface area contributed by atoms with E-state index in [0.717, 1.165) is 24.3 Å². The molecule has 1 spiro atoms. The van der Waals surface area contributed by atoms with Gasteiger partial charge in [0.2, 0.25) is 5.91 Å². The van der Waals surface area contributed by atoms with Crippen LogP contribution in [0.4, 0.5) is 0 Å². The minimum Gasteiger partial charge on any atom is -0.381 e. The molecule has 3 rings (SSSR count). The second-order valence-corrected chi connectivity index (χ2v) is 6.40. The predicted octanol–water partition coefficient (Wildman–Crippen LogP) is 2.17. The van der Waals surface area contributed by atoms with Gasteiger partial charge in [-0.3, -0.25) is 4.79 Å². The largest absolute Gasteiger partial charge is 0.381 e. The van der Waals surface area contributed by atoms with Crippen LogP contribution in [0.15, 0.2) is 23.6 Å². The first-order valence-electron chi connectivity index (χ1n) is 6.88. The van der Waals surface area contributed by atoms with E-state index in [2.05, 4.69) is 0 Å². The summed E-state index contributed by atoms with van der Waals surface area (Å²) in [7, 11) is 1.75. The van der Waals surface area contributed by atoms with Crippen LogP contribution in [0.3, 0.4) is 0 Å². The van der Waals surface area contributed by atoms with E-state index in [1.807, 2.05) is 28.5 Å². The van der Waals surface area contributed by atoms with Crippen molar-refractivity contribution in [2.75, 3.05) is 26.8 Å². The van der Waals surface area contributed by atoms with E-state index in [9.17, 15) is 4.79 Å². The van der Waals surface area contributed by atoms with Crippen LogP contribution >= 0.6 is 11.3 Å². The number of rotatable bonds is 3. The molecule has 2 aliphatic rings. The number of methoxy groups -OCH3 is 1. The molecular weight excluding hydrogens is 274 g/mol. The van der Waals surface area contributed by atoms with Gasteiger partial charge >= 0.3 is 0 Å². The Morgan fingerprint density at radius 1 is 1.60 bits per heavy atom. The van der Waals surface area contributed by atoms with Crippen molar-refractivity contribution in [3.8, 4) is 0 Å². The Labute approximate surface area is 123 Å². The van der Waals surface area contributed by atoms with Gasteiger partial charge in [-0.25, -0.2) is 0 Å². The summed E-state index contributed by atoms with van der Waals surface area (Å²) in [5, 5.41) is 2.00. The van der Waals surface area contributed by atoms with Crippen LogP contribution in [0.1, 0.15) is 17.7 Å². The third-order valence-corrected chi connectivity index (χ3v) is 4.82. The normalized spacial score (nSPS) is 25.1. The summed E-state index contributed by atoms with van der Waals surface area (Å²) in [5.41, 5.74) is -0.161. The summed E-state index contributed by atoms with van der Waals surface area (Å²) in [4.78, 5) is 15.0. The molecule has 20 heavy (non-hydrogen) atoms. The maximum Gasteiger partial charge on any atom is 0.246 e. The molecule has 1 atom stereocenters. The summed E-state index contributed by atoms with van der Waals surface area (Å²) in [6, 6.07) is 3.98. The summed E-state index contributed by atoms with van der Waals surface area (Å²) in [5.74, 6) is 0.0622. The molecular formula is C15H19NO3S. The minimum absolute atomic E-state index is 0.0622. The van der Waals surface area contributed by atoms with Crippen molar-refractivity contribution in [1.82, 2.24) is 4.90 Å². The number of carbonyl (C=O) groups excluding carboxylic acids is 1. The zero-order valence-corrected chi connectivity index (χ0v) is 12.4. The lowest BCUT2D eigenvalue weighted by molar-refractivity contribution is -0.195. The molecule has 0 aliphatic carbocycles. The number of nitrogens with zero attached hydrogens (tertiary/aromatic N) is 1. The Kier molecular flexibility index (Phi) is 3.92. The van der Waals surface area contributed by atoms with E-state index in [0.29, 0.717) is 13.1 Å². The Balaban J connectivity index is 1.53. The number of likely N-dealkylation sites (tertiary alicyclic amines) is 1. The van der Waals surface area contributed by atoms with E-state index in [1.54, 1.807) is 24.5 Å². The van der Waals surface area contributed by atoms with Gasteiger partial charge in [0.05, 0.1) is 19.2 Å². The van der Waals surface area contributed by atoms with Crippen LogP contribution in [0.5, 0.6) is 0 Å². The van der Waals surface area contributed by atoms with E-state index >= 15 is 0 Å². The van der Waals surface area contributed by atoms with Crippen molar-refractivity contribution in [1.29, 1.82) is 0 Å². The second-order valence-electron chi connectivity index (χ2n) is 5.43. The molecule has 0 unspecified atom stereocenters. The number of carbonyl (C=O) groups is 1. The molecule has 0 aromatic carbocycles. The van der Waals surface area contributed by atoms with Gasteiger partial charge in [0.1, 0.15) is 5.60 Å². The second kappa shape index (κ2) is 5.68. The molecule has 1 amide bonds. The fourth-order valence-electron chi connectivity index (χ4n) is 2.85. The van der Waals surface area contributed by atoms with Crippen LogP contribution < -0.4 is 0 Å². The van der Waals surface area contributed by atoms with Crippen LogP contribution in [0.2, 0.25) is 0 Å². The molecule has 1 aromatic heterocycles. The molecule has 0 bridgehead atoms. The fraction of sp³-hybridized carbons (Fsp3) is 0.533. The van der Waals surface area contributed by atoms with Crippen molar-refractivity contribution < 1.29 is 14.3 Å². The molecule has 5 heteroatoms. The number of hydrogen-bond acceptors (Lipinski definition) is 4. The minimum atomic E-state index is -0.161. The Morgan fingerprint density at radius 3 is 3.15 bits per heavy atom. The predicted molar refractivity (Wildman–Crippen MR) is 78.6 cm³/mol. The quantitative estimate of drug-likeness (QED) is 0.802. The van der Waals surface area contributed by atoms with Gasteiger partial charge in [-0.15, -0.1) is 11.3 Å². The summed E-state index contributed by atoms with van der Waals surface area (Å²) in [6.45, 7) is 2.09. The number of amides is 1. The molecule has 2 fully saturated rings. The van der Waals surface area contributed by atoms with Gasteiger partial charge in [-0.05, 0) is 23.9 Å². The topological polar surface area (TPSA) is 38.8 Å². The summed E-state index contributed by atoms with van der Waals surface area (Å²) < 4.78 is 11.3. The van der Waals surface area contributed by atoms with Gasteiger partial charge in [0.25, 0.3) is 0 Å². The smallest absolute Gasteiger partial charge is 0.246 e. The molecule has 1 aromatic rings. The molecule has 4 nitrogen and oxygen atoms in total. The molecule has 0 radical (unpaired) electrons. The maximum absolute atomic E-state index is 12.1. The first kappa shape index (κ1) is 13.8. The Bertz CT molecular complexity index is 491. The zero-order chi connectivity index (χ0) is 14.0. The summed E-state index contributed by atoms with van der Waals surface area (Å²) in [6.07, 6.45) is 5.63. The Hall–Kier alpha value is -1.17. The highest BCUT2D eigenvalue weighted by molar-refractivity contribution is 7.10. The SMILES string of the molecule is CO[C@H]1CCOC2(C1)CN(C(=O)/C=C/c1cccs1)C2. The van der Waals surface area contributed by atoms with Gasteiger partial charge in [0.15, 0.2) is 0 Å². The van der Waals surface area contributed by atoms with Crippen molar-refractivity contribution in [2.45, 2.75) is 24.5 Å². The molecule has 0 saturated carbocycles. The van der Waals surface area contributed by atoms with Crippen LogP contribution in [-0.2, 0) is 14.3 Å². The average molecular weight is 293 g/mol. The van der Waals surface area contributed by atoms with E-state index in [1.165, 1.54) is 0 Å². The lowest BCUT2D eigenvalue weighted by Gasteiger charge is -2.52. The number of thiophene rings is 1. The highest BCUT2D eigenvalue weighted by atomic mass is 32.1. The molecule has 2 saturated heterocycles. The third-order valence-electron chi connectivity index (χ3n) is 3.98.